The molecule has 156 valence electrons. The predicted octanol–water partition coefficient (Wildman–Crippen LogP) is 4.77. The van der Waals surface area contributed by atoms with Crippen LogP contribution in [0.4, 0.5) is 0 Å². The van der Waals surface area contributed by atoms with E-state index >= 15 is 0 Å². The third kappa shape index (κ3) is 5.25. The van der Waals surface area contributed by atoms with Gasteiger partial charge in [-0.2, -0.15) is 4.98 Å². The fourth-order valence-electron chi connectivity index (χ4n) is 3.10. The molecule has 0 bridgehead atoms. The van der Waals surface area contributed by atoms with Crippen molar-refractivity contribution in [3.8, 4) is 5.75 Å². The quantitative estimate of drug-likeness (QED) is 0.344. The number of benzene rings is 1. The van der Waals surface area contributed by atoms with E-state index in [1.807, 2.05) is 32.9 Å². The second-order valence-corrected chi connectivity index (χ2v) is 8.60. The van der Waals surface area contributed by atoms with Crippen LogP contribution in [0.1, 0.15) is 70.7 Å². The Hall–Kier alpha value is -2.63. The van der Waals surface area contributed by atoms with E-state index in [9.17, 15) is 4.79 Å². The van der Waals surface area contributed by atoms with Gasteiger partial charge in [-0.25, -0.2) is 4.79 Å². The van der Waals surface area contributed by atoms with Gasteiger partial charge in [-0.3, -0.25) is 0 Å². The Morgan fingerprint density at radius 3 is 2.52 bits per heavy atom. The highest BCUT2D eigenvalue weighted by atomic mass is 16.6. The Kier molecular flexibility index (Phi) is 6.10. The topological polar surface area (TPSA) is 74.5 Å². The third-order valence-electron chi connectivity index (χ3n) is 4.87. The smallest absolute Gasteiger partial charge is 0.334 e. The maximum absolute atomic E-state index is 12.1. The monoisotopic (exact) mass is 398 g/mol. The number of ether oxygens (including phenoxy) is 2. The predicted molar refractivity (Wildman–Crippen MR) is 110 cm³/mol. The summed E-state index contributed by atoms with van der Waals surface area (Å²) in [7, 11) is 0. The molecule has 0 atom stereocenters. The highest BCUT2D eigenvalue weighted by molar-refractivity contribution is 5.88. The van der Waals surface area contributed by atoms with Crippen LogP contribution in [0.25, 0.3) is 0 Å². The maximum atomic E-state index is 12.1. The zero-order valence-electron chi connectivity index (χ0n) is 17.8. The first kappa shape index (κ1) is 21.1. The van der Waals surface area contributed by atoms with E-state index in [2.05, 4.69) is 35.8 Å². The summed E-state index contributed by atoms with van der Waals surface area (Å²) >= 11 is 0. The molecule has 1 fully saturated rings. The van der Waals surface area contributed by atoms with Crippen LogP contribution in [0.2, 0.25) is 0 Å². The first-order valence-electron chi connectivity index (χ1n) is 10.2. The minimum atomic E-state index is -0.565. The first-order chi connectivity index (χ1) is 13.7. The van der Waals surface area contributed by atoms with Gasteiger partial charge in [0.2, 0.25) is 5.89 Å². The number of nitrogens with zero attached hydrogens (tertiary/aromatic N) is 2. The number of carbonyl (C=O) groups excluding carboxylic acids is 1. The lowest BCUT2D eigenvalue weighted by molar-refractivity contribution is -0.150. The van der Waals surface area contributed by atoms with Gasteiger partial charge in [0.1, 0.15) is 11.4 Å². The second-order valence-electron chi connectivity index (χ2n) is 8.60. The van der Waals surface area contributed by atoms with Gasteiger partial charge in [-0.1, -0.05) is 37.2 Å². The molecule has 1 aliphatic carbocycles. The van der Waals surface area contributed by atoms with Gasteiger partial charge in [0, 0.05) is 5.57 Å². The SMILES string of the molecule is C=C(Cc1nc(C2(c3ccc(OCCCC)cc3)CC2)no1)C(=O)OC(C)(C)C. The van der Waals surface area contributed by atoms with E-state index in [0.29, 0.717) is 17.3 Å². The van der Waals surface area contributed by atoms with Crippen LogP contribution in [0.15, 0.2) is 40.9 Å². The molecule has 1 heterocycles. The Morgan fingerprint density at radius 2 is 1.93 bits per heavy atom. The average molecular weight is 399 g/mol. The fraction of sp³-hybridized carbons (Fsp3) is 0.522. The maximum Gasteiger partial charge on any atom is 0.334 e. The van der Waals surface area contributed by atoms with Crippen LogP contribution in [0, 0.1) is 0 Å². The zero-order chi connectivity index (χ0) is 21.1. The molecule has 0 spiro atoms. The number of hydrogen-bond donors (Lipinski definition) is 0. The molecule has 0 aliphatic heterocycles. The van der Waals surface area contributed by atoms with Crippen molar-refractivity contribution in [2.24, 2.45) is 0 Å². The Labute approximate surface area is 172 Å². The fourth-order valence-corrected chi connectivity index (χ4v) is 3.10. The van der Waals surface area contributed by atoms with E-state index in [-0.39, 0.29) is 11.8 Å². The molecule has 0 amide bonds. The molecule has 1 aromatic heterocycles. The Morgan fingerprint density at radius 1 is 1.24 bits per heavy atom. The lowest BCUT2D eigenvalue weighted by Crippen LogP contribution is -2.25. The van der Waals surface area contributed by atoms with Crippen molar-refractivity contribution >= 4 is 5.97 Å². The van der Waals surface area contributed by atoms with Gasteiger partial charge >= 0.3 is 5.97 Å². The van der Waals surface area contributed by atoms with Crippen LogP contribution >= 0.6 is 0 Å². The molecule has 2 aromatic rings. The lowest BCUT2D eigenvalue weighted by atomic mass is 9.95. The van der Waals surface area contributed by atoms with Gasteiger partial charge in [0.15, 0.2) is 5.82 Å². The largest absolute Gasteiger partial charge is 0.494 e. The summed E-state index contributed by atoms with van der Waals surface area (Å²) in [4.78, 5) is 16.6. The van der Waals surface area contributed by atoms with Gasteiger partial charge in [-0.05, 0) is 57.7 Å². The summed E-state index contributed by atoms with van der Waals surface area (Å²) in [5.74, 6) is 1.46. The van der Waals surface area contributed by atoms with Crippen molar-refractivity contribution < 1.29 is 18.8 Å². The van der Waals surface area contributed by atoms with Crippen molar-refractivity contribution in [3.05, 3.63) is 53.7 Å². The molecule has 29 heavy (non-hydrogen) atoms. The summed E-state index contributed by atoms with van der Waals surface area (Å²) < 4.78 is 16.5. The zero-order valence-corrected chi connectivity index (χ0v) is 17.8. The van der Waals surface area contributed by atoms with E-state index in [1.54, 1.807) is 0 Å². The van der Waals surface area contributed by atoms with Crippen LogP contribution in [0.5, 0.6) is 5.75 Å². The van der Waals surface area contributed by atoms with Crippen molar-refractivity contribution in [1.29, 1.82) is 0 Å². The molecule has 1 aliphatic rings. The molecule has 3 rings (SSSR count). The van der Waals surface area contributed by atoms with E-state index < -0.39 is 11.6 Å². The van der Waals surface area contributed by atoms with E-state index in [0.717, 1.165) is 43.6 Å². The Balaban J connectivity index is 1.65. The van der Waals surface area contributed by atoms with Crippen molar-refractivity contribution in [2.75, 3.05) is 6.61 Å². The number of esters is 1. The van der Waals surface area contributed by atoms with Crippen molar-refractivity contribution in [2.45, 2.75) is 70.8 Å². The molecule has 0 N–H and O–H groups in total. The van der Waals surface area contributed by atoms with Gasteiger partial charge in [-0.15, -0.1) is 0 Å². The molecule has 6 heteroatoms. The number of rotatable bonds is 9. The van der Waals surface area contributed by atoms with E-state index in [1.165, 1.54) is 0 Å². The number of unbranched alkanes of at least 4 members (excludes halogenated alkanes) is 1. The summed E-state index contributed by atoms with van der Waals surface area (Å²) in [6.45, 7) is 12.1. The Bertz CT molecular complexity index is 858. The van der Waals surface area contributed by atoms with Crippen LogP contribution < -0.4 is 4.74 Å². The van der Waals surface area contributed by atoms with Crippen molar-refractivity contribution in [3.63, 3.8) is 0 Å². The summed E-state index contributed by atoms with van der Waals surface area (Å²) in [5, 5.41) is 4.19. The highest BCUT2D eigenvalue weighted by Crippen LogP contribution is 2.52. The van der Waals surface area contributed by atoms with E-state index in [4.69, 9.17) is 14.0 Å². The summed E-state index contributed by atoms with van der Waals surface area (Å²) in [5.41, 5.74) is 0.675. The lowest BCUT2D eigenvalue weighted by Gasteiger charge is -2.19. The molecular weight excluding hydrogens is 368 g/mol. The van der Waals surface area contributed by atoms with Gasteiger partial charge in [0.25, 0.3) is 0 Å². The van der Waals surface area contributed by atoms with Crippen LogP contribution in [0.3, 0.4) is 0 Å². The molecule has 0 saturated heterocycles. The third-order valence-corrected chi connectivity index (χ3v) is 4.87. The molecular formula is C23H30N2O4. The molecule has 0 radical (unpaired) electrons. The van der Waals surface area contributed by atoms with Gasteiger partial charge < -0.3 is 14.0 Å². The van der Waals surface area contributed by atoms with Crippen LogP contribution in [-0.4, -0.2) is 28.3 Å². The summed E-state index contributed by atoms with van der Waals surface area (Å²) in [6.07, 6.45) is 4.28. The minimum absolute atomic E-state index is 0.183. The average Bonchev–Trinajstić information content (AvgIpc) is 3.34. The molecule has 6 nitrogen and oxygen atoms in total. The molecule has 1 saturated carbocycles. The number of carbonyl (C=O) groups is 1. The van der Waals surface area contributed by atoms with Crippen molar-refractivity contribution in [1.82, 2.24) is 10.1 Å². The summed E-state index contributed by atoms with van der Waals surface area (Å²) in [6, 6.07) is 8.14. The second kappa shape index (κ2) is 8.39. The normalized spacial score (nSPS) is 15.0. The van der Waals surface area contributed by atoms with Crippen LogP contribution in [-0.2, 0) is 21.4 Å². The first-order valence-corrected chi connectivity index (χ1v) is 10.2. The standard InChI is InChI=1S/C23H30N2O4/c1-6-7-14-27-18-10-8-17(9-11-18)23(12-13-23)21-24-19(29-25-21)15-16(2)20(26)28-22(3,4)5/h8-11H,2,6-7,12-15H2,1,3-5H3. The molecule has 1 aromatic carbocycles. The highest BCUT2D eigenvalue weighted by Gasteiger charge is 2.50. The van der Waals surface area contributed by atoms with Gasteiger partial charge in [0.05, 0.1) is 18.4 Å². The number of hydrogen-bond acceptors (Lipinski definition) is 6. The number of aromatic nitrogens is 2. The minimum Gasteiger partial charge on any atom is -0.494 e. The molecule has 0 unspecified atom stereocenters.